The second-order valence-electron chi connectivity index (χ2n) is 5.27. The zero-order chi connectivity index (χ0) is 15.8. The van der Waals surface area contributed by atoms with E-state index in [9.17, 15) is 18.0 Å². The van der Waals surface area contributed by atoms with Crippen LogP contribution in [0, 0.1) is 3.57 Å². The van der Waals surface area contributed by atoms with Crippen LogP contribution in [0.2, 0.25) is 0 Å². The maximum absolute atomic E-state index is 13.4. The van der Waals surface area contributed by atoms with Crippen molar-refractivity contribution >= 4 is 28.5 Å². The molecule has 0 N–H and O–H groups in total. The van der Waals surface area contributed by atoms with Crippen molar-refractivity contribution in [3.8, 4) is 0 Å². The Morgan fingerprint density at radius 1 is 1.38 bits per heavy atom. The summed E-state index contributed by atoms with van der Waals surface area (Å²) in [4.78, 5) is 12.5. The Bertz CT molecular complexity index is 521. The number of alkyl halides is 3. The van der Waals surface area contributed by atoms with Crippen molar-refractivity contribution in [2.24, 2.45) is 0 Å². The van der Waals surface area contributed by atoms with Crippen molar-refractivity contribution < 1.29 is 22.7 Å². The summed E-state index contributed by atoms with van der Waals surface area (Å²) in [6, 6.07) is 6.09. The Morgan fingerprint density at radius 2 is 1.95 bits per heavy atom. The van der Waals surface area contributed by atoms with Gasteiger partial charge in [-0.2, -0.15) is 8.78 Å². The highest BCUT2D eigenvalue weighted by molar-refractivity contribution is 14.1. The van der Waals surface area contributed by atoms with Gasteiger partial charge < -0.3 is 9.64 Å². The van der Waals surface area contributed by atoms with Crippen molar-refractivity contribution in [3.05, 3.63) is 33.4 Å². The first kappa shape index (κ1) is 16.5. The Morgan fingerprint density at radius 3 is 2.43 bits per heavy atom. The molecular weight excluding hydrogens is 398 g/mol. The number of ether oxygens (including phenoxy) is 1. The number of carbonyl (C=O) groups is 1. The first-order valence-electron chi connectivity index (χ1n) is 6.38. The standard InChI is InChI=1S/C14H15F3INO2/c1-14(2)19(13(20)12(16)17)10(7-15)11(21-14)8-3-5-9(18)6-4-8/h3-6,10-12H,7H2,1-2H3/t10-,11-/m1/s1. The number of carbonyl (C=O) groups excluding carboxylic acids is 1. The monoisotopic (exact) mass is 413 g/mol. The average molecular weight is 413 g/mol. The van der Waals surface area contributed by atoms with Crippen molar-refractivity contribution in [1.29, 1.82) is 0 Å². The van der Waals surface area contributed by atoms with Gasteiger partial charge in [0.2, 0.25) is 0 Å². The molecule has 7 heteroatoms. The zero-order valence-electron chi connectivity index (χ0n) is 11.5. The third-order valence-corrected chi connectivity index (χ3v) is 4.18. The molecule has 21 heavy (non-hydrogen) atoms. The van der Waals surface area contributed by atoms with E-state index in [2.05, 4.69) is 22.6 Å². The maximum atomic E-state index is 13.4. The molecule has 0 spiro atoms. The fourth-order valence-electron chi connectivity index (χ4n) is 2.61. The molecule has 3 nitrogen and oxygen atoms in total. The summed E-state index contributed by atoms with van der Waals surface area (Å²) in [5.41, 5.74) is -0.617. The fourth-order valence-corrected chi connectivity index (χ4v) is 2.97. The predicted molar refractivity (Wildman–Crippen MR) is 79.7 cm³/mol. The second-order valence-corrected chi connectivity index (χ2v) is 6.51. The molecule has 1 aromatic rings. The average Bonchev–Trinajstić information content (AvgIpc) is 2.69. The summed E-state index contributed by atoms with van der Waals surface area (Å²) in [5.74, 6) is -1.41. The van der Waals surface area contributed by atoms with E-state index in [0.29, 0.717) is 5.56 Å². The van der Waals surface area contributed by atoms with E-state index in [0.717, 1.165) is 8.47 Å². The van der Waals surface area contributed by atoms with Crippen LogP contribution in [0.4, 0.5) is 13.2 Å². The van der Waals surface area contributed by atoms with E-state index in [1.54, 1.807) is 12.1 Å². The molecule has 0 radical (unpaired) electrons. The normalized spacial score (nSPS) is 24.6. The van der Waals surface area contributed by atoms with Gasteiger partial charge in [-0.15, -0.1) is 0 Å². The van der Waals surface area contributed by atoms with Gasteiger partial charge >= 0.3 is 6.43 Å². The second kappa shape index (κ2) is 6.12. The van der Waals surface area contributed by atoms with E-state index in [4.69, 9.17) is 4.74 Å². The van der Waals surface area contributed by atoms with Crippen LogP contribution in [-0.2, 0) is 9.53 Å². The lowest BCUT2D eigenvalue weighted by Crippen LogP contribution is -2.51. The van der Waals surface area contributed by atoms with Crippen LogP contribution in [-0.4, -0.2) is 35.7 Å². The Labute approximate surface area is 134 Å². The number of rotatable bonds is 3. The van der Waals surface area contributed by atoms with Gasteiger partial charge in [-0.1, -0.05) is 12.1 Å². The van der Waals surface area contributed by atoms with Gasteiger partial charge in [-0.05, 0) is 54.1 Å². The molecule has 0 bridgehead atoms. The van der Waals surface area contributed by atoms with Crippen molar-refractivity contribution in [1.82, 2.24) is 4.90 Å². The molecule has 1 aliphatic heterocycles. The molecule has 1 saturated heterocycles. The molecule has 1 fully saturated rings. The van der Waals surface area contributed by atoms with Gasteiger partial charge in [0.15, 0.2) is 0 Å². The Balaban J connectivity index is 2.37. The van der Waals surface area contributed by atoms with Gasteiger partial charge in [0.05, 0.1) is 6.04 Å². The third-order valence-electron chi connectivity index (χ3n) is 3.46. The molecule has 0 aliphatic carbocycles. The minimum absolute atomic E-state index is 0.663. The SMILES string of the molecule is CC1(C)O[C@H](c2ccc(I)cc2)[C@@H](CF)N1C(=O)C(F)F. The van der Waals surface area contributed by atoms with Crippen molar-refractivity contribution in [2.75, 3.05) is 6.67 Å². The number of amides is 1. The molecule has 1 aromatic carbocycles. The van der Waals surface area contributed by atoms with E-state index in [1.807, 2.05) is 12.1 Å². The van der Waals surface area contributed by atoms with Crippen LogP contribution in [0.15, 0.2) is 24.3 Å². The zero-order valence-corrected chi connectivity index (χ0v) is 13.7. The molecule has 0 aromatic heterocycles. The van der Waals surface area contributed by atoms with Gasteiger partial charge in [0.1, 0.15) is 18.5 Å². The van der Waals surface area contributed by atoms with Crippen molar-refractivity contribution in [3.63, 3.8) is 0 Å². The molecular formula is C14H15F3INO2. The molecule has 0 saturated carbocycles. The van der Waals surface area contributed by atoms with Gasteiger partial charge in [-0.3, -0.25) is 4.79 Å². The quantitative estimate of drug-likeness (QED) is 0.710. The van der Waals surface area contributed by atoms with Crippen LogP contribution in [0.1, 0.15) is 25.5 Å². The highest BCUT2D eigenvalue weighted by atomic mass is 127. The minimum atomic E-state index is -3.18. The molecule has 1 heterocycles. The summed E-state index contributed by atoms with van der Waals surface area (Å²) in [7, 11) is 0. The molecule has 1 amide bonds. The lowest BCUT2D eigenvalue weighted by atomic mass is 10.0. The molecule has 2 rings (SSSR count). The van der Waals surface area contributed by atoms with E-state index in [-0.39, 0.29) is 0 Å². The summed E-state index contributed by atoms with van der Waals surface area (Å²) in [6.45, 7) is 2.03. The largest absolute Gasteiger partial charge is 0.346 e. The number of nitrogens with zero attached hydrogens (tertiary/aromatic N) is 1. The van der Waals surface area contributed by atoms with Crippen LogP contribution in [0.5, 0.6) is 0 Å². The first-order valence-corrected chi connectivity index (χ1v) is 7.46. The van der Waals surface area contributed by atoms with Crippen LogP contribution in [0.3, 0.4) is 0 Å². The van der Waals surface area contributed by atoms with E-state index < -0.39 is 36.9 Å². The van der Waals surface area contributed by atoms with Crippen molar-refractivity contribution in [2.45, 2.75) is 38.1 Å². The number of halogens is 4. The fraction of sp³-hybridized carbons (Fsp3) is 0.500. The maximum Gasteiger partial charge on any atom is 0.315 e. The number of benzene rings is 1. The first-order chi connectivity index (χ1) is 9.77. The smallest absolute Gasteiger partial charge is 0.315 e. The van der Waals surface area contributed by atoms with Gasteiger partial charge in [-0.25, -0.2) is 4.39 Å². The summed E-state index contributed by atoms with van der Waals surface area (Å²) in [6.07, 6.45) is -3.94. The molecule has 1 aliphatic rings. The highest BCUT2D eigenvalue weighted by Crippen LogP contribution is 2.41. The van der Waals surface area contributed by atoms with E-state index in [1.165, 1.54) is 13.8 Å². The van der Waals surface area contributed by atoms with Crippen LogP contribution in [0.25, 0.3) is 0 Å². The van der Waals surface area contributed by atoms with Crippen LogP contribution < -0.4 is 0 Å². The highest BCUT2D eigenvalue weighted by Gasteiger charge is 2.51. The van der Waals surface area contributed by atoms with E-state index >= 15 is 0 Å². The molecule has 116 valence electrons. The Hall–Kier alpha value is -0.830. The topological polar surface area (TPSA) is 29.5 Å². The summed E-state index contributed by atoms with van der Waals surface area (Å²) >= 11 is 2.13. The predicted octanol–water partition coefficient (Wildman–Crippen LogP) is 3.53. The lowest BCUT2D eigenvalue weighted by molar-refractivity contribution is -0.159. The third kappa shape index (κ3) is 3.18. The summed E-state index contributed by atoms with van der Waals surface area (Å²) in [5, 5.41) is 0. The number of hydrogen-bond donors (Lipinski definition) is 0. The molecule has 0 unspecified atom stereocenters. The lowest BCUT2D eigenvalue weighted by Gasteiger charge is -2.32. The number of hydrogen-bond acceptors (Lipinski definition) is 2. The molecule has 2 atom stereocenters. The Kier molecular flexibility index (Phi) is 4.82. The summed E-state index contributed by atoms with van der Waals surface area (Å²) < 4.78 is 45.6. The van der Waals surface area contributed by atoms with Gasteiger partial charge in [0.25, 0.3) is 5.91 Å². The van der Waals surface area contributed by atoms with Crippen LogP contribution >= 0.6 is 22.6 Å². The minimum Gasteiger partial charge on any atom is -0.346 e. The van der Waals surface area contributed by atoms with Gasteiger partial charge in [0, 0.05) is 3.57 Å².